The van der Waals surface area contributed by atoms with Crippen molar-refractivity contribution in [2.75, 3.05) is 26.2 Å². The highest BCUT2D eigenvalue weighted by Gasteiger charge is 2.24. The third-order valence-corrected chi connectivity index (χ3v) is 5.22. The smallest absolute Gasteiger partial charge is 0.234 e. The minimum absolute atomic E-state index is 0.139. The molecule has 0 spiro atoms. The van der Waals surface area contributed by atoms with Crippen LogP contribution in [0, 0.1) is 5.92 Å². The van der Waals surface area contributed by atoms with Crippen molar-refractivity contribution in [3.05, 3.63) is 29.3 Å². The summed E-state index contributed by atoms with van der Waals surface area (Å²) in [6.07, 6.45) is 4.58. The van der Waals surface area contributed by atoms with E-state index in [0.29, 0.717) is 13.1 Å². The first-order valence-corrected chi connectivity index (χ1v) is 9.39. The Morgan fingerprint density at radius 1 is 1.39 bits per heavy atom. The topological polar surface area (TPSA) is 45.2 Å². The molecule has 0 bridgehead atoms. The molecule has 23 heavy (non-hydrogen) atoms. The average Bonchev–Trinajstić information content (AvgIpc) is 3.24. The van der Waals surface area contributed by atoms with Crippen molar-refractivity contribution >= 4 is 27.5 Å². The van der Waals surface area contributed by atoms with Gasteiger partial charge in [0.25, 0.3) is 0 Å². The van der Waals surface area contributed by atoms with E-state index in [9.17, 15) is 4.79 Å². The molecule has 1 aliphatic rings. The lowest BCUT2D eigenvalue weighted by atomic mass is 10.3. The molecular weight excluding hydrogens is 306 g/mol. The number of hydrogen-bond acceptors (Lipinski definition) is 4. The van der Waals surface area contributed by atoms with Gasteiger partial charge in [-0.1, -0.05) is 19.1 Å². The lowest BCUT2D eigenvalue weighted by Gasteiger charge is -2.20. The van der Waals surface area contributed by atoms with Gasteiger partial charge in [-0.15, -0.1) is 11.3 Å². The number of rotatable bonds is 9. The minimum Gasteiger partial charge on any atom is -0.355 e. The van der Waals surface area contributed by atoms with Crippen LogP contribution in [0.4, 0.5) is 0 Å². The second-order valence-electron chi connectivity index (χ2n) is 6.35. The number of carbonyl (C=O) groups excluding carboxylic acids is 1. The second-order valence-corrected chi connectivity index (χ2v) is 7.47. The lowest BCUT2D eigenvalue weighted by molar-refractivity contribution is -0.122. The first kappa shape index (κ1) is 16.4. The molecule has 5 heteroatoms. The van der Waals surface area contributed by atoms with Gasteiger partial charge in [0, 0.05) is 19.5 Å². The van der Waals surface area contributed by atoms with Gasteiger partial charge in [0.15, 0.2) is 0 Å². The number of carbonyl (C=O) groups is 1. The number of nitrogens with zero attached hydrogens (tertiary/aromatic N) is 2. The van der Waals surface area contributed by atoms with E-state index in [1.165, 1.54) is 17.5 Å². The highest BCUT2D eigenvalue weighted by Crippen LogP contribution is 2.29. The molecule has 0 saturated heterocycles. The van der Waals surface area contributed by atoms with Crippen molar-refractivity contribution in [1.29, 1.82) is 0 Å². The maximum Gasteiger partial charge on any atom is 0.234 e. The van der Waals surface area contributed by atoms with Crippen LogP contribution < -0.4 is 5.32 Å². The van der Waals surface area contributed by atoms with Crippen molar-refractivity contribution < 1.29 is 4.79 Å². The fraction of sp³-hybridized carbons (Fsp3) is 0.556. The van der Waals surface area contributed by atoms with Crippen LogP contribution in [0.2, 0.25) is 0 Å². The van der Waals surface area contributed by atoms with Gasteiger partial charge in [0.1, 0.15) is 0 Å². The maximum atomic E-state index is 12.1. The van der Waals surface area contributed by atoms with Gasteiger partial charge in [-0.25, -0.2) is 4.98 Å². The first-order chi connectivity index (χ1) is 11.2. The molecule has 4 nitrogen and oxygen atoms in total. The van der Waals surface area contributed by atoms with Gasteiger partial charge >= 0.3 is 0 Å². The zero-order valence-corrected chi connectivity index (χ0v) is 14.6. The Hall–Kier alpha value is -1.46. The average molecular weight is 331 g/mol. The summed E-state index contributed by atoms with van der Waals surface area (Å²) in [6, 6.07) is 8.17. The molecular formula is C18H25N3OS. The number of nitrogens with one attached hydrogen (secondary N) is 1. The van der Waals surface area contributed by atoms with E-state index < -0.39 is 0 Å². The maximum absolute atomic E-state index is 12.1. The highest BCUT2D eigenvalue weighted by molar-refractivity contribution is 7.18. The Labute approximate surface area is 141 Å². The zero-order valence-electron chi connectivity index (χ0n) is 13.8. The van der Waals surface area contributed by atoms with Crippen LogP contribution >= 0.6 is 11.3 Å². The second kappa shape index (κ2) is 7.88. The third-order valence-electron chi connectivity index (χ3n) is 4.12. The standard InChI is InChI=1S/C18H25N3OS/c1-2-11-21(12-14-7-8-14)13-17(22)19-10-9-18-20-15-5-3-4-6-16(15)23-18/h3-6,14H,2,7-13H2,1H3,(H,19,22). The molecule has 0 radical (unpaired) electrons. The number of thiazole rings is 1. The molecule has 0 atom stereocenters. The molecule has 1 amide bonds. The van der Waals surface area contributed by atoms with Crippen LogP contribution in [-0.2, 0) is 11.2 Å². The number of aromatic nitrogens is 1. The number of benzene rings is 1. The summed E-state index contributed by atoms with van der Waals surface area (Å²) in [5.41, 5.74) is 1.05. The SMILES string of the molecule is CCCN(CC(=O)NCCc1nc2ccccc2s1)CC1CC1. The fourth-order valence-corrected chi connectivity index (χ4v) is 3.78. The largest absolute Gasteiger partial charge is 0.355 e. The monoisotopic (exact) mass is 331 g/mol. The van der Waals surface area contributed by atoms with Crippen molar-refractivity contribution in [3.63, 3.8) is 0 Å². The minimum atomic E-state index is 0.139. The van der Waals surface area contributed by atoms with Crippen LogP contribution in [0.3, 0.4) is 0 Å². The van der Waals surface area contributed by atoms with Gasteiger partial charge in [0.05, 0.1) is 21.8 Å². The fourth-order valence-electron chi connectivity index (χ4n) is 2.81. The van der Waals surface area contributed by atoms with E-state index in [-0.39, 0.29) is 5.91 Å². The van der Waals surface area contributed by atoms with Crippen LogP contribution in [0.15, 0.2) is 24.3 Å². The molecule has 1 aromatic carbocycles. The van der Waals surface area contributed by atoms with E-state index >= 15 is 0 Å². The predicted molar refractivity (Wildman–Crippen MR) is 95.8 cm³/mol. The van der Waals surface area contributed by atoms with E-state index in [1.807, 2.05) is 18.2 Å². The molecule has 1 heterocycles. The Kier molecular flexibility index (Phi) is 5.62. The molecule has 2 aromatic rings. The van der Waals surface area contributed by atoms with Gasteiger partial charge < -0.3 is 5.32 Å². The van der Waals surface area contributed by atoms with E-state index in [2.05, 4.69) is 28.2 Å². The number of fused-ring (bicyclic) bond motifs is 1. The number of hydrogen-bond donors (Lipinski definition) is 1. The molecule has 1 saturated carbocycles. The number of amides is 1. The summed E-state index contributed by atoms with van der Waals surface area (Å²) in [6.45, 7) is 5.47. The van der Waals surface area contributed by atoms with Crippen LogP contribution in [0.5, 0.6) is 0 Å². The summed E-state index contributed by atoms with van der Waals surface area (Å²) in [4.78, 5) is 19.0. The van der Waals surface area contributed by atoms with E-state index in [0.717, 1.165) is 42.4 Å². The summed E-state index contributed by atoms with van der Waals surface area (Å²) < 4.78 is 1.22. The first-order valence-electron chi connectivity index (χ1n) is 8.58. The Morgan fingerprint density at radius 2 is 2.22 bits per heavy atom. The Bertz CT molecular complexity index is 618. The van der Waals surface area contributed by atoms with Crippen molar-refractivity contribution in [1.82, 2.24) is 15.2 Å². The van der Waals surface area contributed by atoms with Gasteiger partial charge in [0.2, 0.25) is 5.91 Å². The number of para-hydroxylation sites is 1. The van der Waals surface area contributed by atoms with Crippen LogP contribution in [0.25, 0.3) is 10.2 Å². The summed E-state index contributed by atoms with van der Waals surface area (Å²) in [7, 11) is 0. The van der Waals surface area contributed by atoms with Crippen molar-refractivity contribution in [2.24, 2.45) is 5.92 Å². The van der Waals surface area contributed by atoms with E-state index in [1.54, 1.807) is 11.3 Å². The molecule has 1 fully saturated rings. The molecule has 3 rings (SSSR count). The van der Waals surface area contributed by atoms with Gasteiger partial charge in [-0.3, -0.25) is 9.69 Å². The Morgan fingerprint density at radius 3 is 2.96 bits per heavy atom. The molecule has 1 aliphatic carbocycles. The van der Waals surface area contributed by atoms with Crippen LogP contribution in [-0.4, -0.2) is 42.0 Å². The predicted octanol–water partition coefficient (Wildman–Crippen LogP) is 3.08. The molecule has 1 aromatic heterocycles. The van der Waals surface area contributed by atoms with Gasteiger partial charge in [-0.05, 0) is 43.9 Å². The van der Waals surface area contributed by atoms with Gasteiger partial charge in [-0.2, -0.15) is 0 Å². The van der Waals surface area contributed by atoms with Crippen molar-refractivity contribution in [3.8, 4) is 0 Å². The van der Waals surface area contributed by atoms with E-state index in [4.69, 9.17) is 0 Å². The molecule has 124 valence electrons. The third kappa shape index (κ3) is 5.01. The molecule has 0 aliphatic heterocycles. The Balaban J connectivity index is 1.42. The molecule has 0 unspecified atom stereocenters. The normalized spacial score (nSPS) is 14.5. The zero-order chi connectivity index (χ0) is 16.1. The summed E-state index contributed by atoms with van der Waals surface area (Å²) >= 11 is 1.71. The summed E-state index contributed by atoms with van der Waals surface area (Å²) in [5.74, 6) is 0.970. The lowest BCUT2D eigenvalue weighted by Crippen LogP contribution is -2.39. The quantitative estimate of drug-likeness (QED) is 0.768. The summed E-state index contributed by atoms with van der Waals surface area (Å²) in [5, 5.41) is 4.14. The van der Waals surface area contributed by atoms with Crippen molar-refractivity contribution in [2.45, 2.75) is 32.6 Å². The van der Waals surface area contributed by atoms with Crippen LogP contribution in [0.1, 0.15) is 31.2 Å². The molecule has 1 N–H and O–H groups in total. The highest BCUT2D eigenvalue weighted by atomic mass is 32.1.